The Morgan fingerprint density at radius 1 is 1.35 bits per heavy atom. The summed E-state index contributed by atoms with van der Waals surface area (Å²) in [4.78, 5) is 9.65. The van der Waals surface area contributed by atoms with E-state index in [4.69, 9.17) is 10.6 Å². The Morgan fingerprint density at radius 3 is 2.70 bits per heavy atom. The van der Waals surface area contributed by atoms with Crippen molar-refractivity contribution < 1.29 is 14.9 Å². The number of aliphatic hydroxyl groups excluding tert-OH is 1. The van der Waals surface area contributed by atoms with Crippen molar-refractivity contribution in [2.45, 2.75) is 25.7 Å². The van der Waals surface area contributed by atoms with Crippen LogP contribution in [0.5, 0.6) is 0 Å². The van der Waals surface area contributed by atoms with E-state index in [0.29, 0.717) is 5.82 Å². The molecule has 20 heavy (non-hydrogen) atoms. The van der Waals surface area contributed by atoms with Crippen LogP contribution in [0.1, 0.15) is 30.3 Å². The van der Waals surface area contributed by atoms with Gasteiger partial charge in [-0.15, -0.1) is 0 Å². The van der Waals surface area contributed by atoms with Crippen molar-refractivity contribution in [3.63, 3.8) is 0 Å². The Hall–Kier alpha value is -1.89. The molecule has 0 bridgehead atoms. The van der Waals surface area contributed by atoms with Crippen LogP contribution in [-0.4, -0.2) is 22.0 Å². The zero-order valence-corrected chi connectivity index (χ0v) is 11.6. The van der Waals surface area contributed by atoms with Crippen molar-refractivity contribution in [3.8, 4) is 0 Å². The molecule has 2 rings (SSSR count). The lowest BCUT2D eigenvalue weighted by Crippen LogP contribution is -2.13. The van der Waals surface area contributed by atoms with Crippen molar-refractivity contribution in [1.82, 2.24) is 9.78 Å². The van der Waals surface area contributed by atoms with E-state index in [9.17, 15) is 5.11 Å². The highest BCUT2D eigenvalue weighted by molar-refractivity contribution is 5.40. The number of nitrogens with two attached hydrogens (primary N) is 1. The molecule has 1 aromatic carbocycles. The van der Waals surface area contributed by atoms with Crippen LogP contribution in [0.25, 0.3) is 0 Å². The molecule has 1 heterocycles. The minimum absolute atomic E-state index is 0.287. The molecule has 3 N–H and O–H groups in total. The van der Waals surface area contributed by atoms with E-state index < -0.39 is 6.10 Å². The van der Waals surface area contributed by atoms with Crippen LogP contribution >= 0.6 is 0 Å². The van der Waals surface area contributed by atoms with Crippen LogP contribution in [0.2, 0.25) is 0 Å². The van der Waals surface area contributed by atoms with Gasteiger partial charge in [0.25, 0.3) is 0 Å². The topological polar surface area (TPSA) is 82.5 Å². The van der Waals surface area contributed by atoms with Crippen LogP contribution < -0.4 is 5.73 Å². The van der Waals surface area contributed by atoms with Crippen LogP contribution in [-0.2, 0) is 16.3 Å². The molecule has 0 amide bonds. The average molecular weight is 277 g/mol. The van der Waals surface area contributed by atoms with Gasteiger partial charge in [-0.05, 0) is 12.5 Å². The Bertz CT molecular complexity index is 542. The third kappa shape index (κ3) is 3.16. The summed E-state index contributed by atoms with van der Waals surface area (Å²) in [5.74, 6) is 0.463. The SMILES string of the molecule is COOC(C)c1cnn(CC(O)c2ccccc2)c1N. The first kappa shape index (κ1) is 14.5. The lowest BCUT2D eigenvalue weighted by atomic mass is 10.1. The first-order valence-corrected chi connectivity index (χ1v) is 6.37. The summed E-state index contributed by atoms with van der Waals surface area (Å²) < 4.78 is 1.56. The van der Waals surface area contributed by atoms with Crippen molar-refractivity contribution in [3.05, 3.63) is 47.7 Å². The normalized spacial score (nSPS) is 14.2. The molecule has 108 valence electrons. The number of hydrogen-bond donors (Lipinski definition) is 2. The van der Waals surface area contributed by atoms with Gasteiger partial charge < -0.3 is 10.8 Å². The summed E-state index contributed by atoms with van der Waals surface area (Å²) in [7, 11) is 1.44. The minimum atomic E-state index is -0.662. The first-order valence-electron chi connectivity index (χ1n) is 6.37. The molecular weight excluding hydrogens is 258 g/mol. The van der Waals surface area contributed by atoms with E-state index in [0.717, 1.165) is 11.1 Å². The third-order valence-corrected chi connectivity index (χ3v) is 3.12. The highest BCUT2D eigenvalue weighted by atomic mass is 17.2. The van der Waals surface area contributed by atoms with Crippen LogP contribution in [0.3, 0.4) is 0 Å². The third-order valence-electron chi connectivity index (χ3n) is 3.12. The number of aliphatic hydroxyl groups is 1. The van der Waals surface area contributed by atoms with Gasteiger partial charge in [0.15, 0.2) is 0 Å². The second-order valence-electron chi connectivity index (χ2n) is 4.50. The number of rotatable bonds is 6. The summed E-state index contributed by atoms with van der Waals surface area (Å²) in [6.07, 6.45) is 0.643. The van der Waals surface area contributed by atoms with E-state index in [2.05, 4.69) is 9.99 Å². The molecule has 6 nitrogen and oxygen atoms in total. The maximum Gasteiger partial charge on any atom is 0.127 e. The predicted molar refractivity (Wildman–Crippen MR) is 74.6 cm³/mol. The molecule has 0 aliphatic rings. The van der Waals surface area contributed by atoms with Gasteiger partial charge >= 0.3 is 0 Å². The number of hydrogen-bond acceptors (Lipinski definition) is 5. The summed E-state index contributed by atoms with van der Waals surface area (Å²) >= 11 is 0. The number of benzene rings is 1. The summed E-state index contributed by atoms with van der Waals surface area (Å²) in [6.45, 7) is 2.10. The number of nitrogens with zero attached hydrogens (tertiary/aromatic N) is 2. The van der Waals surface area contributed by atoms with Gasteiger partial charge in [0, 0.05) is 5.56 Å². The quantitative estimate of drug-likeness (QED) is 0.622. The Morgan fingerprint density at radius 2 is 2.05 bits per heavy atom. The zero-order chi connectivity index (χ0) is 14.5. The Kier molecular flexibility index (Phi) is 4.73. The smallest absolute Gasteiger partial charge is 0.127 e. The molecule has 1 aromatic heterocycles. The molecule has 0 radical (unpaired) electrons. The monoisotopic (exact) mass is 277 g/mol. The fourth-order valence-corrected chi connectivity index (χ4v) is 2.01. The fourth-order valence-electron chi connectivity index (χ4n) is 2.01. The summed E-state index contributed by atoms with van der Waals surface area (Å²) in [5.41, 5.74) is 7.57. The summed E-state index contributed by atoms with van der Waals surface area (Å²) in [5, 5.41) is 14.4. The molecule has 0 spiro atoms. The van der Waals surface area contributed by atoms with Crippen molar-refractivity contribution in [1.29, 1.82) is 0 Å². The fraction of sp³-hybridized carbons (Fsp3) is 0.357. The molecule has 0 fully saturated rings. The molecule has 2 aromatic rings. The second-order valence-corrected chi connectivity index (χ2v) is 4.50. The van der Waals surface area contributed by atoms with Gasteiger partial charge in [-0.2, -0.15) is 5.10 Å². The van der Waals surface area contributed by atoms with Gasteiger partial charge in [0.2, 0.25) is 0 Å². The Balaban J connectivity index is 2.11. The van der Waals surface area contributed by atoms with Crippen LogP contribution in [0.15, 0.2) is 36.5 Å². The van der Waals surface area contributed by atoms with Gasteiger partial charge in [0.1, 0.15) is 11.9 Å². The lowest BCUT2D eigenvalue weighted by Gasteiger charge is -2.13. The maximum absolute atomic E-state index is 10.2. The molecular formula is C14H19N3O3. The number of anilines is 1. The highest BCUT2D eigenvalue weighted by Crippen LogP contribution is 2.24. The first-order chi connectivity index (χ1) is 9.63. The molecule has 2 atom stereocenters. The molecule has 0 aliphatic heterocycles. The number of nitrogen functional groups attached to an aromatic ring is 1. The maximum atomic E-state index is 10.2. The van der Waals surface area contributed by atoms with Crippen LogP contribution in [0, 0.1) is 0 Å². The van der Waals surface area contributed by atoms with E-state index in [1.807, 2.05) is 37.3 Å². The summed E-state index contributed by atoms with van der Waals surface area (Å²) in [6, 6.07) is 9.39. The van der Waals surface area contributed by atoms with E-state index in [1.165, 1.54) is 7.11 Å². The predicted octanol–water partition coefficient (Wildman–Crippen LogP) is 1.84. The van der Waals surface area contributed by atoms with Crippen molar-refractivity contribution >= 4 is 5.82 Å². The average Bonchev–Trinajstić information content (AvgIpc) is 2.81. The second kappa shape index (κ2) is 6.51. The number of aromatic nitrogens is 2. The zero-order valence-electron chi connectivity index (χ0n) is 11.6. The molecule has 2 unspecified atom stereocenters. The van der Waals surface area contributed by atoms with Gasteiger partial charge in [-0.25, -0.2) is 14.5 Å². The van der Waals surface area contributed by atoms with Gasteiger partial charge in [0.05, 0.1) is 26.0 Å². The molecule has 0 aliphatic carbocycles. The van der Waals surface area contributed by atoms with E-state index in [1.54, 1.807) is 10.9 Å². The van der Waals surface area contributed by atoms with E-state index in [-0.39, 0.29) is 12.6 Å². The molecule has 0 saturated heterocycles. The van der Waals surface area contributed by atoms with Crippen LogP contribution in [0.4, 0.5) is 5.82 Å². The Labute approximate surface area is 117 Å². The standard InChI is InChI=1S/C14H19N3O3/c1-10(20-19-2)12-8-16-17(14(12)15)9-13(18)11-6-4-3-5-7-11/h3-8,10,13,18H,9,15H2,1-2H3. The molecule has 6 heteroatoms. The highest BCUT2D eigenvalue weighted by Gasteiger charge is 2.17. The minimum Gasteiger partial charge on any atom is -0.386 e. The molecule has 0 saturated carbocycles. The lowest BCUT2D eigenvalue weighted by molar-refractivity contribution is -0.303. The van der Waals surface area contributed by atoms with Crippen molar-refractivity contribution in [2.75, 3.05) is 12.8 Å². The van der Waals surface area contributed by atoms with Gasteiger partial charge in [-0.1, -0.05) is 30.3 Å². The van der Waals surface area contributed by atoms with E-state index >= 15 is 0 Å². The van der Waals surface area contributed by atoms with Crippen molar-refractivity contribution in [2.24, 2.45) is 0 Å². The largest absolute Gasteiger partial charge is 0.386 e. The van der Waals surface area contributed by atoms with Gasteiger partial charge in [-0.3, -0.25) is 0 Å².